The molecule has 0 atom stereocenters. The van der Waals surface area contributed by atoms with Gasteiger partial charge in [-0.25, -0.2) is 4.79 Å². The average molecular weight is 286 g/mol. The molecule has 2 aromatic rings. The first kappa shape index (κ1) is 13.9. The number of esters is 1. The molecule has 0 unspecified atom stereocenters. The van der Waals surface area contributed by atoms with Gasteiger partial charge in [0.1, 0.15) is 12.3 Å². The lowest BCUT2D eigenvalue weighted by molar-refractivity contribution is -0.685. The maximum absolute atomic E-state index is 11.6. The van der Waals surface area contributed by atoms with Gasteiger partial charge in [0.2, 0.25) is 0 Å². The number of hydrogen-bond donors (Lipinski definition) is 1. The minimum Gasteiger partial charge on any atom is -0.462 e. The van der Waals surface area contributed by atoms with Crippen LogP contribution in [0, 0.1) is 0 Å². The summed E-state index contributed by atoms with van der Waals surface area (Å²) in [6, 6.07) is 12.1. The zero-order chi connectivity index (χ0) is 14.7. The molecule has 1 fully saturated rings. The maximum Gasteiger partial charge on any atom is 0.338 e. The van der Waals surface area contributed by atoms with Crippen LogP contribution in [0.1, 0.15) is 35.9 Å². The molecule has 21 heavy (non-hydrogen) atoms. The van der Waals surface area contributed by atoms with E-state index >= 15 is 0 Å². The second kappa shape index (κ2) is 6.14. The monoisotopic (exact) mass is 286 g/mol. The van der Waals surface area contributed by atoms with Crippen molar-refractivity contribution in [3.63, 3.8) is 0 Å². The van der Waals surface area contributed by atoms with Crippen molar-refractivity contribution in [1.29, 1.82) is 0 Å². The van der Waals surface area contributed by atoms with Gasteiger partial charge < -0.3 is 14.5 Å². The molecule has 110 valence electrons. The van der Waals surface area contributed by atoms with Gasteiger partial charge in [-0.15, -0.1) is 0 Å². The molecule has 1 aromatic heterocycles. The standard InChI is InChI=1S/C17H19NO3/c1-2-20-17(19)13-5-3-12(4-6-13)16-10-9-15(21-16)11-18-14-7-8-14/h3-6,9-10,14,18H,2,7-8,11H2,1H3/p+1. The van der Waals surface area contributed by atoms with E-state index in [1.165, 1.54) is 12.8 Å². The van der Waals surface area contributed by atoms with Gasteiger partial charge >= 0.3 is 5.97 Å². The van der Waals surface area contributed by atoms with Crippen LogP contribution < -0.4 is 5.32 Å². The molecular formula is C17H20NO3+. The predicted octanol–water partition coefficient (Wildman–Crippen LogP) is 2.35. The summed E-state index contributed by atoms with van der Waals surface area (Å²) in [5.74, 6) is 1.54. The number of ether oxygens (including phenoxy) is 1. The van der Waals surface area contributed by atoms with Crippen LogP contribution in [0.25, 0.3) is 11.3 Å². The third-order valence-electron chi connectivity index (χ3n) is 3.62. The van der Waals surface area contributed by atoms with Gasteiger partial charge in [0.25, 0.3) is 0 Å². The molecule has 4 nitrogen and oxygen atoms in total. The highest BCUT2D eigenvalue weighted by Crippen LogP contribution is 2.23. The first-order valence-electron chi connectivity index (χ1n) is 7.46. The summed E-state index contributed by atoms with van der Waals surface area (Å²) in [5.41, 5.74) is 1.54. The van der Waals surface area contributed by atoms with Crippen molar-refractivity contribution in [3.8, 4) is 11.3 Å². The van der Waals surface area contributed by atoms with E-state index in [1.54, 1.807) is 19.1 Å². The SMILES string of the molecule is CCOC(=O)c1ccc(-c2ccc(C[NH2+]C3CC3)o2)cc1. The summed E-state index contributed by atoms with van der Waals surface area (Å²) < 4.78 is 10.8. The van der Waals surface area contributed by atoms with Gasteiger partial charge in [-0.2, -0.15) is 0 Å². The van der Waals surface area contributed by atoms with Crippen molar-refractivity contribution in [3.05, 3.63) is 47.7 Å². The Kier molecular flexibility index (Phi) is 4.06. The van der Waals surface area contributed by atoms with Gasteiger partial charge in [0, 0.05) is 18.4 Å². The van der Waals surface area contributed by atoms with Crippen LogP contribution in [-0.2, 0) is 11.3 Å². The van der Waals surface area contributed by atoms with Crippen LogP contribution in [-0.4, -0.2) is 18.6 Å². The fraction of sp³-hybridized carbons (Fsp3) is 0.353. The van der Waals surface area contributed by atoms with Gasteiger partial charge in [-0.3, -0.25) is 0 Å². The summed E-state index contributed by atoms with van der Waals surface area (Å²) in [7, 11) is 0. The Labute approximate surface area is 124 Å². The number of rotatable bonds is 6. The third kappa shape index (κ3) is 3.52. The Morgan fingerprint density at radius 2 is 2.00 bits per heavy atom. The van der Waals surface area contributed by atoms with E-state index in [-0.39, 0.29) is 5.97 Å². The van der Waals surface area contributed by atoms with Gasteiger partial charge in [0.15, 0.2) is 5.76 Å². The lowest BCUT2D eigenvalue weighted by atomic mass is 10.1. The normalized spacial score (nSPS) is 14.1. The van der Waals surface area contributed by atoms with Crippen molar-refractivity contribution in [2.75, 3.05) is 6.61 Å². The summed E-state index contributed by atoms with van der Waals surface area (Å²) in [4.78, 5) is 11.6. The third-order valence-corrected chi connectivity index (χ3v) is 3.62. The summed E-state index contributed by atoms with van der Waals surface area (Å²) in [5, 5.41) is 2.33. The summed E-state index contributed by atoms with van der Waals surface area (Å²) in [6.45, 7) is 3.08. The molecule has 0 spiro atoms. The van der Waals surface area contributed by atoms with Crippen LogP contribution in [0.5, 0.6) is 0 Å². The van der Waals surface area contributed by atoms with E-state index in [2.05, 4.69) is 5.32 Å². The highest BCUT2D eigenvalue weighted by molar-refractivity contribution is 5.89. The van der Waals surface area contributed by atoms with Crippen LogP contribution >= 0.6 is 0 Å². The number of hydrogen-bond acceptors (Lipinski definition) is 3. The number of quaternary nitrogens is 1. The maximum atomic E-state index is 11.6. The lowest BCUT2D eigenvalue weighted by Gasteiger charge is -2.02. The molecule has 0 amide bonds. The highest BCUT2D eigenvalue weighted by atomic mass is 16.5. The van der Waals surface area contributed by atoms with E-state index < -0.39 is 0 Å². The molecule has 0 aliphatic heterocycles. The Hall–Kier alpha value is -2.07. The first-order chi connectivity index (χ1) is 10.3. The fourth-order valence-corrected chi connectivity index (χ4v) is 2.24. The number of nitrogens with two attached hydrogens (primary N) is 1. The smallest absolute Gasteiger partial charge is 0.338 e. The fourth-order valence-electron chi connectivity index (χ4n) is 2.24. The molecule has 1 heterocycles. The zero-order valence-electron chi connectivity index (χ0n) is 12.2. The highest BCUT2D eigenvalue weighted by Gasteiger charge is 2.25. The van der Waals surface area contributed by atoms with E-state index in [0.29, 0.717) is 12.2 Å². The molecule has 1 saturated carbocycles. The van der Waals surface area contributed by atoms with Crippen molar-refractivity contribution < 1.29 is 19.3 Å². The minimum atomic E-state index is -0.289. The largest absolute Gasteiger partial charge is 0.462 e. The average Bonchev–Trinajstić information content (AvgIpc) is 3.22. The molecule has 1 aliphatic carbocycles. The van der Waals surface area contributed by atoms with Crippen LogP contribution in [0.3, 0.4) is 0 Å². The topological polar surface area (TPSA) is 56.0 Å². The van der Waals surface area contributed by atoms with Crippen LogP contribution in [0.15, 0.2) is 40.8 Å². The molecule has 2 N–H and O–H groups in total. The van der Waals surface area contributed by atoms with E-state index in [9.17, 15) is 4.79 Å². The minimum absolute atomic E-state index is 0.289. The Bertz CT molecular complexity index is 611. The van der Waals surface area contributed by atoms with Gasteiger partial charge in [-0.1, -0.05) is 12.1 Å². The molecule has 0 bridgehead atoms. The van der Waals surface area contributed by atoms with Gasteiger partial charge in [-0.05, 0) is 31.2 Å². The first-order valence-corrected chi connectivity index (χ1v) is 7.46. The Morgan fingerprint density at radius 3 is 2.67 bits per heavy atom. The second-order valence-electron chi connectivity index (χ2n) is 5.34. The molecule has 4 heteroatoms. The van der Waals surface area contributed by atoms with E-state index in [4.69, 9.17) is 9.15 Å². The summed E-state index contributed by atoms with van der Waals surface area (Å²) >= 11 is 0. The van der Waals surface area contributed by atoms with Crippen molar-refractivity contribution >= 4 is 5.97 Å². The van der Waals surface area contributed by atoms with E-state index in [1.807, 2.05) is 24.3 Å². The lowest BCUT2D eigenvalue weighted by Crippen LogP contribution is -2.84. The van der Waals surface area contributed by atoms with Crippen LogP contribution in [0.2, 0.25) is 0 Å². The predicted molar refractivity (Wildman–Crippen MR) is 78.8 cm³/mol. The van der Waals surface area contributed by atoms with E-state index in [0.717, 1.165) is 29.7 Å². The van der Waals surface area contributed by atoms with Crippen molar-refractivity contribution in [1.82, 2.24) is 0 Å². The molecular weight excluding hydrogens is 266 g/mol. The molecule has 1 aliphatic rings. The van der Waals surface area contributed by atoms with Crippen LogP contribution in [0.4, 0.5) is 0 Å². The molecule has 0 saturated heterocycles. The molecule has 1 aromatic carbocycles. The Balaban J connectivity index is 1.66. The second-order valence-corrected chi connectivity index (χ2v) is 5.34. The van der Waals surface area contributed by atoms with Crippen molar-refractivity contribution in [2.24, 2.45) is 0 Å². The molecule has 3 rings (SSSR count). The summed E-state index contributed by atoms with van der Waals surface area (Å²) in [6.07, 6.45) is 2.64. The number of benzene rings is 1. The molecule has 0 radical (unpaired) electrons. The number of furan rings is 1. The van der Waals surface area contributed by atoms with Gasteiger partial charge in [0.05, 0.1) is 18.2 Å². The Morgan fingerprint density at radius 1 is 1.24 bits per heavy atom. The number of carbonyl (C=O) groups is 1. The quantitative estimate of drug-likeness (QED) is 0.829. The zero-order valence-corrected chi connectivity index (χ0v) is 12.2. The number of carbonyl (C=O) groups excluding carboxylic acids is 1. The van der Waals surface area contributed by atoms with Crippen molar-refractivity contribution in [2.45, 2.75) is 32.4 Å².